The van der Waals surface area contributed by atoms with E-state index in [0.29, 0.717) is 5.56 Å². The van der Waals surface area contributed by atoms with Crippen LogP contribution in [0.1, 0.15) is 37.9 Å². The smallest absolute Gasteiger partial charge is 0.408 e. The average molecular weight is 542 g/mol. The van der Waals surface area contributed by atoms with Crippen LogP contribution in [0.3, 0.4) is 0 Å². The van der Waals surface area contributed by atoms with Gasteiger partial charge in [-0.15, -0.1) is 11.8 Å². The molecule has 0 aliphatic carbocycles. The minimum Gasteiger partial charge on any atom is -0.459 e. The second kappa shape index (κ2) is 11.4. The predicted octanol–water partition coefficient (Wildman–Crippen LogP) is 2.13. The number of aliphatic hydroxyl groups excluding tert-OH is 1. The van der Waals surface area contributed by atoms with E-state index in [-0.39, 0.29) is 12.4 Å². The Morgan fingerprint density at radius 3 is 2.34 bits per heavy atom. The Hall–Kier alpha value is -3.57. The van der Waals surface area contributed by atoms with Gasteiger partial charge in [-0.1, -0.05) is 60.7 Å². The molecule has 5 atom stereocenters. The number of fused-ring (bicyclic) bond motifs is 1. The van der Waals surface area contributed by atoms with Crippen molar-refractivity contribution in [2.75, 3.05) is 5.75 Å². The van der Waals surface area contributed by atoms with Crippen LogP contribution in [-0.4, -0.2) is 68.8 Å². The molecular formula is C27H31N3O7S. The second-order valence-electron chi connectivity index (χ2n) is 10.1. The molecule has 2 unspecified atom stereocenters. The number of rotatable bonds is 7. The van der Waals surface area contributed by atoms with Gasteiger partial charge >= 0.3 is 12.1 Å². The number of thioether (sulfide) groups is 1. The fourth-order valence-corrected chi connectivity index (χ4v) is 5.61. The molecule has 0 saturated carbocycles. The fourth-order valence-electron chi connectivity index (χ4n) is 4.26. The van der Waals surface area contributed by atoms with Crippen molar-refractivity contribution in [3.8, 4) is 0 Å². The molecule has 2 aliphatic heterocycles. The summed E-state index contributed by atoms with van der Waals surface area (Å²) in [6.45, 7) is 5.14. The van der Waals surface area contributed by atoms with E-state index >= 15 is 0 Å². The van der Waals surface area contributed by atoms with Gasteiger partial charge < -0.3 is 30.1 Å². The van der Waals surface area contributed by atoms with Crippen molar-refractivity contribution in [1.29, 1.82) is 0 Å². The number of nitrogens with one attached hydrogen (secondary N) is 2. The van der Waals surface area contributed by atoms with Crippen LogP contribution >= 0.6 is 11.8 Å². The van der Waals surface area contributed by atoms with Crippen molar-refractivity contribution >= 4 is 35.6 Å². The SMILES string of the molecule is CC(C)(C)OC(=O)N[C@@H](C(=O)N[C@@H]1C(=O)N2C(C(=O)OCc3ccccc3)C(O)CS[C@H]12)c1ccccc1. The van der Waals surface area contributed by atoms with Gasteiger partial charge in [-0.2, -0.15) is 0 Å². The van der Waals surface area contributed by atoms with Gasteiger partial charge in [0.1, 0.15) is 29.7 Å². The molecule has 2 fully saturated rings. The van der Waals surface area contributed by atoms with Crippen LogP contribution in [0.2, 0.25) is 0 Å². The molecule has 4 rings (SSSR count). The monoisotopic (exact) mass is 541 g/mol. The molecule has 11 heteroatoms. The maximum absolute atomic E-state index is 13.3. The Morgan fingerprint density at radius 2 is 1.71 bits per heavy atom. The molecule has 3 N–H and O–H groups in total. The van der Waals surface area contributed by atoms with Crippen LogP contribution in [0.4, 0.5) is 4.79 Å². The van der Waals surface area contributed by atoms with E-state index in [1.165, 1.54) is 16.7 Å². The van der Waals surface area contributed by atoms with Gasteiger partial charge in [0.25, 0.3) is 0 Å². The molecule has 0 bridgehead atoms. The minimum atomic E-state index is -1.17. The van der Waals surface area contributed by atoms with Gasteiger partial charge in [0.15, 0.2) is 6.04 Å². The summed E-state index contributed by atoms with van der Waals surface area (Å²) in [6, 6.07) is 14.5. The van der Waals surface area contributed by atoms with Crippen molar-refractivity contribution in [1.82, 2.24) is 15.5 Å². The van der Waals surface area contributed by atoms with Crippen LogP contribution in [0.25, 0.3) is 0 Å². The lowest BCUT2D eigenvalue weighted by Crippen LogP contribution is -2.77. The van der Waals surface area contributed by atoms with Gasteiger partial charge in [0, 0.05) is 5.75 Å². The number of aliphatic hydroxyl groups is 1. The maximum atomic E-state index is 13.3. The number of nitrogens with zero attached hydrogens (tertiary/aromatic N) is 1. The molecule has 3 amide bonds. The first-order valence-electron chi connectivity index (χ1n) is 12.2. The number of hydrogen-bond acceptors (Lipinski definition) is 8. The lowest BCUT2D eigenvalue weighted by Gasteiger charge is -2.53. The summed E-state index contributed by atoms with van der Waals surface area (Å²) in [5, 5.41) is 15.2. The number of alkyl carbamates (subject to hydrolysis) is 1. The first-order valence-corrected chi connectivity index (χ1v) is 13.3. The Morgan fingerprint density at radius 1 is 1.08 bits per heavy atom. The lowest BCUT2D eigenvalue weighted by molar-refractivity contribution is -0.172. The zero-order valence-corrected chi connectivity index (χ0v) is 22.1. The third-order valence-corrected chi connectivity index (χ3v) is 7.38. The Kier molecular flexibility index (Phi) is 8.27. The Balaban J connectivity index is 1.43. The van der Waals surface area contributed by atoms with Crippen molar-refractivity contribution in [3.63, 3.8) is 0 Å². The predicted molar refractivity (Wildman–Crippen MR) is 140 cm³/mol. The van der Waals surface area contributed by atoms with Crippen molar-refractivity contribution < 1.29 is 33.8 Å². The molecule has 0 radical (unpaired) electrons. The van der Waals surface area contributed by atoms with Crippen LogP contribution in [0, 0.1) is 0 Å². The lowest BCUT2D eigenvalue weighted by atomic mass is 9.98. The highest BCUT2D eigenvalue weighted by Gasteiger charge is 2.58. The summed E-state index contributed by atoms with van der Waals surface area (Å²) in [5.74, 6) is -1.64. The first kappa shape index (κ1) is 27.5. The van der Waals surface area contributed by atoms with E-state index in [1.54, 1.807) is 63.2 Å². The van der Waals surface area contributed by atoms with E-state index in [4.69, 9.17) is 9.47 Å². The molecule has 38 heavy (non-hydrogen) atoms. The summed E-state index contributed by atoms with van der Waals surface area (Å²) in [4.78, 5) is 53.0. The Bertz CT molecular complexity index is 1170. The topological polar surface area (TPSA) is 134 Å². The zero-order chi connectivity index (χ0) is 27.4. The number of amides is 3. The normalized spacial score (nSPS) is 23.4. The molecule has 0 spiro atoms. The van der Waals surface area contributed by atoms with Crippen LogP contribution in [0.5, 0.6) is 0 Å². The number of hydrogen-bond donors (Lipinski definition) is 3. The fraction of sp³-hybridized carbons (Fsp3) is 0.407. The first-order chi connectivity index (χ1) is 18.0. The number of carbonyl (C=O) groups is 4. The van der Waals surface area contributed by atoms with Gasteiger partial charge in [0.05, 0.1) is 6.10 Å². The molecule has 2 aromatic rings. The van der Waals surface area contributed by atoms with Crippen molar-refractivity contribution in [2.45, 2.75) is 62.6 Å². The van der Waals surface area contributed by atoms with Gasteiger partial charge in [-0.3, -0.25) is 9.59 Å². The van der Waals surface area contributed by atoms with E-state index in [9.17, 15) is 24.3 Å². The standard InChI is InChI=1S/C27H31N3O7S/c1-27(2,3)37-26(35)29-19(17-12-8-5-9-13-17)22(32)28-20-23(33)30-21(18(31)15-38-24(20)30)25(34)36-14-16-10-6-4-7-11-16/h4-13,18-21,24,31H,14-15H2,1-3H3,(H,28,32)(H,29,35)/t18?,19-,20-,21?,24-/m1/s1. The number of ether oxygens (including phenoxy) is 2. The highest BCUT2D eigenvalue weighted by Crippen LogP contribution is 2.39. The second-order valence-corrected chi connectivity index (χ2v) is 11.2. The van der Waals surface area contributed by atoms with Crippen LogP contribution in [0.15, 0.2) is 60.7 Å². The molecule has 10 nitrogen and oxygen atoms in total. The molecule has 2 saturated heterocycles. The number of esters is 1. The van der Waals surface area contributed by atoms with E-state index < -0.39 is 59.1 Å². The summed E-state index contributed by atoms with van der Waals surface area (Å²) in [7, 11) is 0. The maximum Gasteiger partial charge on any atom is 0.408 e. The number of carbonyl (C=O) groups excluding carboxylic acids is 4. The highest BCUT2D eigenvalue weighted by molar-refractivity contribution is 8.00. The van der Waals surface area contributed by atoms with Crippen LogP contribution in [-0.2, 0) is 30.5 Å². The molecular weight excluding hydrogens is 510 g/mol. The minimum absolute atomic E-state index is 0.0119. The summed E-state index contributed by atoms with van der Waals surface area (Å²) < 4.78 is 10.7. The molecule has 0 aromatic heterocycles. The third-order valence-electron chi connectivity index (χ3n) is 6.00. The van der Waals surface area contributed by atoms with Crippen LogP contribution < -0.4 is 10.6 Å². The van der Waals surface area contributed by atoms with Gasteiger partial charge in [-0.25, -0.2) is 9.59 Å². The highest BCUT2D eigenvalue weighted by atomic mass is 32.2. The van der Waals surface area contributed by atoms with E-state index in [2.05, 4.69) is 10.6 Å². The molecule has 2 heterocycles. The molecule has 202 valence electrons. The zero-order valence-electron chi connectivity index (χ0n) is 21.3. The summed E-state index contributed by atoms with van der Waals surface area (Å²) >= 11 is 1.26. The van der Waals surface area contributed by atoms with Crippen molar-refractivity contribution in [2.24, 2.45) is 0 Å². The Labute approximate surface area is 225 Å². The van der Waals surface area contributed by atoms with E-state index in [0.717, 1.165) is 5.56 Å². The van der Waals surface area contributed by atoms with Gasteiger partial charge in [-0.05, 0) is 31.9 Å². The summed E-state index contributed by atoms with van der Waals surface area (Å²) in [6.07, 6.45) is -1.88. The van der Waals surface area contributed by atoms with E-state index in [1.807, 2.05) is 18.2 Å². The summed E-state index contributed by atoms with van der Waals surface area (Å²) in [5.41, 5.74) is 0.519. The average Bonchev–Trinajstić information content (AvgIpc) is 2.88. The largest absolute Gasteiger partial charge is 0.459 e. The quantitative estimate of drug-likeness (QED) is 0.359. The third kappa shape index (κ3) is 6.28. The number of β-lactam (4-membered cyclic amide) rings is 1. The van der Waals surface area contributed by atoms with Gasteiger partial charge in [0.2, 0.25) is 11.8 Å². The number of benzene rings is 2. The molecule has 2 aliphatic rings. The van der Waals surface area contributed by atoms with Crippen molar-refractivity contribution in [3.05, 3.63) is 71.8 Å². The molecule has 2 aromatic carbocycles.